The number of rotatable bonds is 7. The lowest BCUT2D eigenvalue weighted by Crippen LogP contribution is -2.43. The summed E-state index contributed by atoms with van der Waals surface area (Å²) in [5, 5.41) is 4.61. The van der Waals surface area contributed by atoms with Crippen molar-refractivity contribution in [1.82, 2.24) is 4.31 Å². The fraction of sp³-hybridized carbons (Fsp3) is 0.316. The van der Waals surface area contributed by atoms with E-state index >= 15 is 0 Å². The number of amides is 1. The third-order valence-corrected chi connectivity index (χ3v) is 7.57. The van der Waals surface area contributed by atoms with E-state index in [-0.39, 0.29) is 18.4 Å². The van der Waals surface area contributed by atoms with E-state index in [0.29, 0.717) is 41.6 Å². The summed E-state index contributed by atoms with van der Waals surface area (Å²) in [6.07, 6.45) is 2.99. The normalized spacial score (nSPS) is 18.0. The predicted octanol–water partition coefficient (Wildman–Crippen LogP) is 3.35. The number of thiophene rings is 1. The summed E-state index contributed by atoms with van der Waals surface area (Å²) < 4.78 is 32.5. The molecule has 1 atom stereocenters. The maximum Gasteiger partial charge on any atom is 0.252 e. The molecule has 0 spiro atoms. The Hall–Kier alpha value is -2.16. The number of carbonyl (C=O) groups is 1. The Morgan fingerprint density at radius 1 is 1.33 bits per heavy atom. The zero-order valence-electron chi connectivity index (χ0n) is 14.8. The van der Waals surface area contributed by atoms with Crippen molar-refractivity contribution in [2.45, 2.75) is 17.1 Å². The number of nitrogens with one attached hydrogen (secondary N) is 1. The maximum absolute atomic E-state index is 12.7. The van der Waals surface area contributed by atoms with Gasteiger partial charge in [-0.15, -0.1) is 11.3 Å². The molecule has 1 fully saturated rings. The van der Waals surface area contributed by atoms with Gasteiger partial charge in [-0.05, 0) is 48.6 Å². The van der Waals surface area contributed by atoms with Crippen LogP contribution in [0.1, 0.15) is 12.8 Å². The van der Waals surface area contributed by atoms with Crippen molar-refractivity contribution < 1.29 is 17.9 Å². The number of sulfonamides is 1. The van der Waals surface area contributed by atoms with Crippen molar-refractivity contribution in [3.63, 3.8) is 0 Å². The Balaban J connectivity index is 1.62. The largest absolute Gasteiger partial charge is 0.490 e. The zero-order chi connectivity index (χ0) is 19.3. The molecule has 1 amide bonds. The molecule has 1 aromatic carbocycles. The van der Waals surface area contributed by atoms with E-state index in [2.05, 4.69) is 11.9 Å². The van der Waals surface area contributed by atoms with E-state index < -0.39 is 10.0 Å². The van der Waals surface area contributed by atoms with Crippen LogP contribution in [0.3, 0.4) is 0 Å². The molecule has 144 valence electrons. The standard InChI is InChI=1S/C19H22N2O4S2/c1-2-12-25-17-9-7-16(8-10-17)20-19(22)15-5-3-11-21(14-15)27(23,24)18-6-4-13-26-18/h2,4,6-10,13,15H,1,3,5,11-12,14H2,(H,20,22)/t15-/m1/s1. The number of nitrogens with zero attached hydrogens (tertiary/aromatic N) is 1. The summed E-state index contributed by atoms with van der Waals surface area (Å²) in [6, 6.07) is 10.4. The van der Waals surface area contributed by atoms with Crippen molar-refractivity contribution >= 4 is 33.0 Å². The Labute approximate surface area is 163 Å². The van der Waals surface area contributed by atoms with Gasteiger partial charge in [-0.2, -0.15) is 4.31 Å². The highest BCUT2D eigenvalue weighted by molar-refractivity contribution is 7.91. The monoisotopic (exact) mass is 406 g/mol. The van der Waals surface area contributed by atoms with E-state index in [1.54, 1.807) is 47.9 Å². The number of hydrogen-bond acceptors (Lipinski definition) is 5. The first-order valence-electron chi connectivity index (χ1n) is 8.69. The van der Waals surface area contributed by atoms with Crippen molar-refractivity contribution in [1.29, 1.82) is 0 Å². The minimum Gasteiger partial charge on any atom is -0.490 e. The molecule has 2 aromatic rings. The minimum atomic E-state index is -3.53. The Kier molecular flexibility index (Phi) is 6.30. The van der Waals surface area contributed by atoms with Gasteiger partial charge in [0.25, 0.3) is 10.0 Å². The quantitative estimate of drug-likeness (QED) is 0.716. The molecule has 0 saturated carbocycles. The molecule has 1 saturated heterocycles. The third kappa shape index (κ3) is 4.77. The van der Waals surface area contributed by atoms with Crippen molar-refractivity contribution in [3.05, 3.63) is 54.4 Å². The van der Waals surface area contributed by atoms with Gasteiger partial charge < -0.3 is 10.1 Å². The van der Waals surface area contributed by atoms with Crippen LogP contribution in [0.2, 0.25) is 0 Å². The summed E-state index contributed by atoms with van der Waals surface area (Å²) in [5.74, 6) is 0.157. The summed E-state index contributed by atoms with van der Waals surface area (Å²) in [6.45, 7) is 4.66. The third-order valence-electron chi connectivity index (χ3n) is 4.33. The van der Waals surface area contributed by atoms with Crippen LogP contribution in [0.5, 0.6) is 5.75 Å². The molecule has 6 nitrogen and oxygen atoms in total. The smallest absolute Gasteiger partial charge is 0.252 e. The van der Waals surface area contributed by atoms with Gasteiger partial charge >= 0.3 is 0 Å². The van der Waals surface area contributed by atoms with E-state index in [0.717, 1.165) is 0 Å². The number of anilines is 1. The number of hydrogen-bond donors (Lipinski definition) is 1. The van der Waals surface area contributed by atoms with Gasteiger partial charge in [-0.3, -0.25) is 4.79 Å². The highest BCUT2D eigenvalue weighted by atomic mass is 32.2. The van der Waals surface area contributed by atoms with E-state index in [4.69, 9.17) is 4.74 Å². The Morgan fingerprint density at radius 2 is 2.11 bits per heavy atom. The van der Waals surface area contributed by atoms with Crippen molar-refractivity contribution in [3.8, 4) is 5.75 Å². The first-order chi connectivity index (χ1) is 13.0. The fourth-order valence-electron chi connectivity index (χ4n) is 2.95. The Bertz CT molecular complexity index is 877. The Morgan fingerprint density at radius 3 is 2.78 bits per heavy atom. The average molecular weight is 407 g/mol. The first kappa shape index (κ1) is 19.6. The van der Waals surface area contributed by atoms with Crippen LogP contribution in [-0.2, 0) is 14.8 Å². The second-order valence-corrected chi connectivity index (χ2v) is 9.36. The lowest BCUT2D eigenvalue weighted by molar-refractivity contribution is -0.120. The lowest BCUT2D eigenvalue weighted by atomic mass is 9.99. The average Bonchev–Trinajstić information content (AvgIpc) is 3.23. The van der Waals surface area contributed by atoms with Crippen LogP contribution in [0.25, 0.3) is 0 Å². The second kappa shape index (κ2) is 8.69. The van der Waals surface area contributed by atoms with Crippen LogP contribution in [0, 0.1) is 5.92 Å². The maximum atomic E-state index is 12.7. The number of ether oxygens (including phenoxy) is 1. The molecule has 27 heavy (non-hydrogen) atoms. The van der Waals surface area contributed by atoms with Gasteiger partial charge in [0, 0.05) is 18.8 Å². The van der Waals surface area contributed by atoms with Gasteiger partial charge in [0.05, 0.1) is 5.92 Å². The van der Waals surface area contributed by atoms with Crippen LogP contribution in [0.15, 0.2) is 58.6 Å². The minimum absolute atomic E-state index is 0.166. The molecule has 1 aliphatic heterocycles. The van der Waals surface area contributed by atoms with Crippen LogP contribution in [-0.4, -0.2) is 38.3 Å². The van der Waals surface area contributed by atoms with Gasteiger partial charge in [0.15, 0.2) is 0 Å². The molecule has 0 aliphatic carbocycles. The molecular formula is C19H22N2O4S2. The summed E-state index contributed by atoms with van der Waals surface area (Å²) in [4.78, 5) is 12.6. The first-order valence-corrected chi connectivity index (χ1v) is 11.0. The number of carbonyl (C=O) groups excluding carboxylic acids is 1. The topological polar surface area (TPSA) is 75.7 Å². The molecule has 1 aromatic heterocycles. The summed E-state index contributed by atoms with van der Waals surface area (Å²) in [7, 11) is -3.53. The van der Waals surface area contributed by atoms with Crippen molar-refractivity contribution in [2.75, 3.05) is 25.0 Å². The molecule has 0 unspecified atom stereocenters. The molecule has 0 radical (unpaired) electrons. The number of benzene rings is 1. The molecule has 1 aliphatic rings. The highest BCUT2D eigenvalue weighted by Crippen LogP contribution is 2.27. The second-order valence-electron chi connectivity index (χ2n) is 6.25. The van der Waals surface area contributed by atoms with E-state index in [1.807, 2.05) is 0 Å². The van der Waals surface area contributed by atoms with Crippen LogP contribution < -0.4 is 10.1 Å². The summed E-state index contributed by atoms with van der Waals surface area (Å²) >= 11 is 1.19. The van der Waals surface area contributed by atoms with Crippen molar-refractivity contribution in [2.24, 2.45) is 5.92 Å². The van der Waals surface area contributed by atoms with Gasteiger partial charge in [0.2, 0.25) is 5.91 Å². The molecule has 0 bridgehead atoms. The summed E-state index contributed by atoms with van der Waals surface area (Å²) in [5.41, 5.74) is 0.657. The van der Waals surface area contributed by atoms with Crippen LogP contribution >= 0.6 is 11.3 Å². The van der Waals surface area contributed by atoms with Gasteiger partial charge in [-0.25, -0.2) is 8.42 Å². The fourth-order valence-corrected chi connectivity index (χ4v) is 5.61. The predicted molar refractivity (Wildman–Crippen MR) is 107 cm³/mol. The van der Waals surface area contributed by atoms with E-state index in [1.165, 1.54) is 15.6 Å². The lowest BCUT2D eigenvalue weighted by Gasteiger charge is -2.30. The molecule has 2 heterocycles. The highest BCUT2D eigenvalue weighted by Gasteiger charge is 2.33. The molecule has 1 N–H and O–H groups in total. The number of piperidine rings is 1. The van der Waals surface area contributed by atoms with Gasteiger partial charge in [-0.1, -0.05) is 18.7 Å². The van der Waals surface area contributed by atoms with Crippen LogP contribution in [0.4, 0.5) is 5.69 Å². The molecular weight excluding hydrogens is 384 g/mol. The van der Waals surface area contributed by atoms with E-state index in [9.17, 15) is 13.2 Å². The SMILES string of the molecule is C=CCOc1ccc(NC(=O)[C@@H]2CCCN(S(=O)(=O)c3cccs3)C2)cc1. The molecule has 3 rings (SSSR count). The zero-order valence-corrected chi connectivity index (χ0v) is 16.5. The molecule has 8 heteroatoms. The van der Waals surface area contributed by atoms with Gasteiger partial charge in [0.1, 0.15) is 16.6 Å².